The van der Waals surface area contributed by atoms with Gasteiger partial charge in [0.15, 0.2) is 0 Å². The molecule has 0 saturated heterocycles. The number of nitrogens with one attached hydrogen (secondary N) is 1. The quantitative estimate of drug-likeness (QED) is 0.831. The zero-order valence-corrected chi connectivity index (χ0v) is 12.9. The van der Waals surface area contributed by atoms with Crippen molar-refractivity contribution in [2.45, 2.75) is 71.4 Å². The number of amides is 1. The van der Waals surface area contributed by atoms with Crippen molar-refractivity contribution in [2.75, 3.05) is 0 Å². The average Bonchev–Trinajstić information content (AvgIpc) is 2.29. The van der Waals surface area contributed by atoms with Crippen molar-refractivity contribution in [3.63, 3.8) is 0 Å². The van der Waals surface area contributed by atoms with Crippen molar-refractivity contribution in [3.8, 4) is 0 Å². The standard InChI is InChI=1S/C15H27NO4/c1-5-10(13(17)18)11-8-6-7-9-12(11)16-14(19)20-15(2,3)4/h10-12H,5-9H2,1-4H3,(H,16,19)(H,17,18)/t10?,11-,12-/m0/s1. The molecule has 1 rings (SSSR count). The molecule has 0 aromatic carbocycles. The summed E-state index contributed by atoms with van der Waals surface area (Å²) in [7, 11) is 0. The van der Waals surface area contributed by atoms with E-state index in [9.17, 15) is 14.7 Å². The summed E-state index contributed by atoms with van der Waals surface area (Å²) >= 11 is 0. The molecule has 1 aliphatic rings. The fourth-order valence-corrected chi connectivity index (χ4v) is 2.94. The minimum absolute atomic E-state index is 0.00114. The maximum absolute atomic E-state index is 11.9. The number of rotatable bonds is 4. The topological polar surface area (TPSA) is 75.6 Å². The van der Waals surface area contributed by atoms with Gasteiger partial charge in [0, 0.05) is 6.04 Å². The lowest BCUT2D eigenvalue weighted by Gasteiger charge is -2.35. The van der Waals surface area contributed by atoms with Crippen LogP contribution in [0.5, 0.6) is 0 Å². The molecule has 0 aromatic rings. The van der Waals surface area contributed by atoms with Crippen LogP contribution in [0.1, 0.15) is 59.8 Å². The lowest BCUT2D eigenvalue weighted by atomic mass is 9.75. The van der Waals surface area contributed by atoms with E-state index >= 15 is 0 Å². The molecular formula is C15H27NO4. The van der Waals surface area contributed by atoms with E-state index in [0.717, 1.165) is 25.7 Å². The Labute approximate surface area is 121 Å². The van der Waals surface area contributed by atoms with Crippen molar-refractivity contribution in [2.24, 2.45) is 11.8 Å². The van der Waals surface area contributed by atoms with Crippen molar-refractivity contribution in [1.29, 1.82) is 0 Å². The molecule has 0 heterocycles. The number of carboxylic acid groups (broad SMARTS) is 1. The van der Waals surface area contributed by atoms with E-state index in [-0.39, 0.29) is 12.0 Å². The van der Waals surface area contributed by atoms with E-state index in [2.05, 4.69) is 5.32 Å². The molecule has 0 aromatic heterocycles. The fraction of sp³-hybridized carbons (Fsp3) is 0.867. The molecule has 1 aliphatic carbocycles. The first-order valence-corrected chi connectivity index (χ1v) is 7.47. The number of hydrogen-bond donors (Lipinski definition) is 2. The minimum atomic E-state index is -0.768. The second kappa shape index (κ2) is 6.95. The highest BCUT2D eigenvalue weighted by Crippen LogP contribution is 2.32. The van der Waals surface area contributed by atoms with Gasteiger partial charge in [-0.1, -0.05) is 19.8 Å². The van der Waals surface area contributed by atoms with Gasteiger partial charge in [-0.2, -0.15) is 0 Å². The van der Waals surface area contributed by atoms with Gasteiger partial charge in [-0.3, -0.25) is 4.79 Å². The van der Waals surface area contributed by atoms with E-state index in [1.807, 2.05) is 27.7 Å². The Morgan fingerprint density at radius 3 is 2.40 bits per heavy atom. The Balaban J connectivity index is 2.69. The number of aliphatic carboxylic acids is 1. The molecule has 1 saturated carbocycles. The van der Waals surface area contributed by atoms with Gasteiger partial charge in [-0.05, 0) is 46.0 Å². The molecule has 0 aliphatic heterocycles. The van der Waals surface area contributed by atoms with Gasteiger partial charge < -0.3 is 15.2 Å². The first-order chi connectivity index (χ1) is 9.24. The summed E-state index contributed by atoms with van der Waals surface area (Å²) in [5.74, 6) is -1.16. The van der Waals surface area contributed by atoms with Gasteiger partial charge in [-0.25, -0.2) is 4.79 Å². The summed E-state index contributed by atoms with van der Waals surface area (Å²) in [4.78, 5) is 23.2. The lowest BCUT2D eigenvalue weighted by Crippen LogP contribution is -2.47. The fourth-order valence-electron chi connectivity index (χ4n) is 2.94. The molecule has 0 bridgehead atoms. The zero-order chi connectivity index (χ0) is 15.3. The van der Waals surface area contributed by atoms with E-state index in [0.29, 0.717) is 6.42 Å². The van der Waals surface area contributed by atoms with Crippen LogP contribution in [0.2, 0.25) is 0 Å². The molecule has 1 unspecified atom stereocenters. The maximum Gasteiger partial charge on any atom is 0.407 e. The third kappa shape index (κ3) is 5.02. The van der Waals surface area contributed by atoms with Crippen molar-refractivity contribution >= 4 is 12.1 Å². The molecule has 5 nitrogen and oxygen atoms in total. The molecule has 3 atom stereocenters. The van der Waals surface area contributed by atoms with Crippen LogP contribution >= 0.6 is 0 Å². The monoisotopic (exact) mass is 285 g/mol. The molecule has 0 radical (unpaired) electrons. The van der Waals surface area contributed by atoms with Gasteiger partial charge in [0.1, 0.15) is 5.60 Å². The van der Waals surface area contributed by atoms with Crippen molar-refractivity contribution in [1.82, 2.24) is 5.32 Å². The normalized spacial score (nSPS) is 24.8. The van der Waals surface area contributed by atoms with Crippen LogP contribution in [-0.2, 0) is 9.53 Å². The number of carboxylic acids is 1. The Morgan fingerprint density at radius 1 is 1.30 bits per heavy atom. The summed E-state index contributed by atoms with van der Waals surface area (Å²) < 4.78 is 5.27. The molecule has 2 N–H and O–H groups in total. The van der Waals surface area contributed by atoms with Gasteiger partial charge in [-0.15, -0.1) is 0 Å². The van der Waals surface area contributed by atoms with Gasteiger partial charge in [0.25, 0.3) is 0 Å². The number of hydrogen-bond acceptors (Lipinski definition) is 3. The van der Waals surface area contributed by atoms with Crippen LogP contribution < -0.4 is 5.32 Å². The molecule has 5 heteroatoms. The van der Waals surface area contributed by atoms with Crippen molar-refractivity contribution < 1.29 is 19.4 Å². The first-order valence-electron chi connectivity index (χ1n) is 7.47. The Bertz CT molecular complexity index is 348. The molecular weight excluding hydrogens is 258 g/mol. The van der Waals surface area contributed by atoms with Gasteiger partial charge in [0.2, 0.25) is 0 Å². The Morgan fingerprint density at radius 2 is 1.90 bits per heavy atom. The number of alkyl carbamates (subject to hydrolysis) is 1. The predicted octanol–water partition coefficient (Wildman–Crippen LogP) is 3.18. The first kappa shape index (κ1) is 16.8. The van der Waals surface area contributed by atoms with E-state index in [4.69, 9.17) is 4.74 Å². The summed E-state index contributed by atoms with van der Waals surface area (Å²) in [6.45, 7) is 7.34. The SMILES string of the molecule is CCC(C(=O)O)[C@@H]1CCCC[C@@H]1NC(=O)OC(C)(C)C. The number of carbonyl (C=O) groups excluding carboxylic acids is 1. The minimum Gasteiger partial charge on any atom is -0.481 e. The van der Waals surface area contributed by atoms with E-state index < -0.39 is 23.6 Å². The average molecular weight is 285 g/mol. The van der Waals surface area contributed by atoms with Crippen LogP contribution in [0.25, 0.3) is 0 Å². The molecule has 1 amide bonds. The smallest absolute Gasteiger partial charge is 0.407 e. The Hall–Kier alpha value is -1.26. The number of ether oxygens (including phenoxy) is 1. The van der Waals surface area contributed by atoms with Crippen LogP contribution in [-0.4, -0.2) is 28.8 Å². The van der Waals surface area contributed by atoms with Crippen LogP contribution in [0.3, 0.4) is 0 Å². The highest BCUT2D eigenvalue weighted by Gasteiger charge is 2.36. The summed E-state index contributed by atoms with van der Waals surface area (Å²) in [5.41, 5.74) is -0.537. The lowest BCUT2D eigenvalue weighted by molar-refractivity contribution is -0.144. The van der Waals surface area contributed by atoms with Crippen LogP contribution in [0, 0.1) is 11.8 Å². The molecule has 1 fully saturated rings. The van der Waals surface area contributed by atoms with Crippen LogP contribution in [0.4, 0.5) is 4.79 Å². The van der Waals surface area contributed by atoms with Gasteiger partial charge >= 0.3 is 12.1 Å². The highest BCUT2D eigenvalue weighted by atomic mass is 16.6. The third-order valence-electron chi connectivity index (χ3n) is 3.80. The number of carbonyl (C=O) groups is 2. The zero-order valence-electron chi connectivity index (χ0n) is 12.9. The summed E-state index contributed by atoms with van der Waals surface area (Å²) in [6, 6.07) is -0.0975. The molecule has 20 heavy (non-hydrogen) atoms. The maximum atomic E-state index is 11.9. The van der Waals surface area contributed by atoms with Crippen molar-refractivity contribution in [3.05, 3.63) is 0 Å². The second-order valence-corrected chi connectivity index (χ2v) is 6.55. The summed E-state index contributed by atoms with van der Waals surface area (Å²) in [5, 5.41) is 12.2. The van der Waals surface area contributed by atoms with E-state index in [1.54, 1.807) is 0 Å². The van der Waals surface area contributed by atoms with E-state index in [1.165, 1.54) is 0 Å². The third-order valence-corrected chi connectivity index (χ3v) is 3.80. The summed E-state index contributed by atoms with van der Waals surface area (Å²) in [6.07, 6.45) is 3.87. The highest BCUT2D eigenvalue weighted by molar-refractivity contribution is 5.71. The molecule has 116 valence electrons. The molecule has 0 spiro atoms. The second-order valence-electron chi connectivity index (χ2n) is 6.55. The predicted molar refractivity (Wildman–Crippen MR) is 76.5 cm³/mol. The largest absolute Gasteiger partial charge is 0.481 e. The Kier molecular flexibility index (Phi) is 5.84. The van der Waals surface area contributed by atoms with Gasteiger partial charge in [0.05, 0.1) is 5.92 Å². The van der Waals surface area contributed by atoms with Crippen LogP contribution in [0.15, 0.2) is 0 Å².